The van der Waals surface area contributed by atoms with Crippen LogP contribution in [0.5, 0.6) is 0 Å². The highest BCUT2D eigenvalue weighted by atomic mass is 15.3. The molecule has 6 heteroatoms. The van der Waals surface area contributed by atoms with Crippen LogP contribution in [0.1, 0.15) is 0 Å². The predicted octanol–water partition coefficient (Wildman–Crippen LogP) is 6.13. The summed E-state index contributed by atoms with van der Waals surface area (Å²) in [6.07, 6.45) is 4.96. The fourth-order valence-electron chi connectivity index (χ4n) is 5.60. The highest BCUT2D eigenvalue weighted by molar-refractivity contribution is 6.25. The smallest absolute Gasteiger partial charge is 0.180 e. The SMILES string of the molecule is C1=NC2=NC=C(n3c4ccccc4c4ccc5c6ccccc6n(-c6ccccc6)c5c43)NC2N=C1. The van der Waals surface area contributed by atoms with E-state index in [4.69, 9.17) is 0 Å². The molecule has 36 heavy (non-hydrogen) atoms. The Morgan fingerprint density at radius 2 is 1.25 bits per heavy atom. The highest BCUT2D eigenvalue weighted by Gasteiger charge is 2.25. The second-order valence-corrected chi connectivity index (χ2v) is 9.02. The van der Waals surface area contributed by atoms with Gasteiger partial charge in [0, 0.05) is 39.7 Å². The lowest BCUT2D eigenvalue weighted by molar-refractivity contribution is 0.745. The zero-order valence-electron chi connectivity index (χ0n) is 19.2. The van der Waals surface area contributed by atoms with E-state index in [1.165, 1.54) is 32.6 Å². The molecule has 1 atom stereocenters. The Labute approximate surface area is 206 Å². The van der Waals surface area contributed by atoms with Gasteiger partial charge >= 0.3 is 0 Å². The minimum Gasteiger partial charge on any atom is -0.342 e. The Hall–Kier alpha value is -4.97. The molecule has 0 saturated carbocycles. The number of rotatable bonds is 2. The zero-order chi connectivity index (χ0) is 23.6. The summed E-state index contributed by atoms with van der Waals surface area (Å²) in [6, 6.07) is 32.3. The molecule has 2 aromatic heterocycles. The van der Waals surface area contributed by atoms with E-state index in [0.29, 0.717) is 5.84 Å². The molecule has 8 rings (SSSR count). The summed E-state index contributed by atoms with van der Waals surface area (Å²) in [6.45, 7) is 0. The molecule has 6 aromatic rings. The van der Waals surface area contributed by atoms with Crippen molar-refractivity contribution in [3.05, 3.63) is 97.2 Å². The van der Waals surface area contributed by atoms with Crippen LogP contribution in [0, 0.1) is 0 Å². The molecular formula is C30H20N6. The third-order valence-corrected chi connectivity index (χ3v) is 7.08. The van der Waals surface area contributed by atoms with Gasteiger partial charge in [0.05, 0.1) is 28.3 Å². The number of hydrogen-bond donors (Lipinski definition) is 1. The summed E-state index contributed by atoms with van der Waals surface area (Å²) in [5, 5.41) is 8.41. The van der Waals surface area contributed by atoms with Crippen molar-refractivity contribution in [2.45, 2.75) is 6.17 Å². The van der Waals surface area contributed by atoms with Gasteiger partial charge in [0.2, 0.25) is 0 Å². The van der Waals surface area contributed by atoms with E-state index in [2.05, 4.69) is 120 Å². The van der Waals surface area contributed by atoms with Crippen LogP contribution in [0.25, 0.3) is 55.1 Å². The van der Waals surface area contributed by atoms with Crippen molar-refractivity contribution in [2.24, 2.45) is 15.0 Å². The van der Waals surface area contributed by atoms with Gasteiger partial charge in [-0.1, -0.05) is 66.7 Å². The third kappa shape index (κ3) is 2.58. The first-order valence-electron chi connectivity index (χ1n) is 12.0. The van der Waals surface area contributed by atoms with Gasteiger partial charge in [-0.3, -0.25) is 9.56 Å². The summed E-state index contributed by atoms with van der Waals surface area (Å²) in [5.41, 5.74) is 5.73. The van der Waals surface area contributed by atoms with E-state index in [9.17, 15) is 0 Å². The van der Waals surface area contributed by atoms with E-state index in [1.54, 1.807) is 12.4 Å². The van der Waals surface area contributed by atoms with E-state index in [1.807, 2.05) is 6.20 Å². The lowest BCUT2D eigenvalue weighted by atomic mass is 10.1. The van der Waals surface area contributed by atoms with E-state index < -0.39 is 0 Å². The quantitative estimate of drug-likeness (QED) is 0.329. The highest BCUT2D eigenvalue weighted by Crippen LogP contribution is 2.41. The number of hydrogen-bond acceptors (Lipinski definition) is 4. The second kappa shape index (κ2) is 7.26. The van der Waals surface area contributed by atoms with Gasteiger partial charge in [0.15, 0.2) is 12.0 Å². The summed E-state index contributed by atoms with van der Waals surface area (Å²) >= 11 is 0. The lowest BCUT2D eigenvalue weighted by Gasteiger charge is -2.24. The first-order valence-corrected chi connectivity index (χ1v) is 12.0. The third-order valence-electron chi connectivity index (χ3n) is 7.08. The number of nitrogens with one attached hydrogen (secondary N) is 1. The Morgan fingerprint density at radius 1 is 0.611 bits per heavy atom. The minimum absolute atomic E-state index is 0.301. The number of fused-ring (bicyclic) bond motifs is 8. The van der Waals surface area contributed by atoms with Crippen molar-refractivity contribution < 1.29 is 0 Å². The molecule has 170 valence electrons. The van der Waals surface area contributed by atoms with Crippen molar-refractivity contribution in [3.8, 4) is 5.69 Å². The molecular weight excluding hydrogens is 444 g/mol. The van der Waals surface area contributed by atoms with E-state index >= 15 is 0 Å². The molecule has 2 aliphatic heterocycles. The summed E-state index contributed by atoms with van der Waals surface area (Å²) in [7, 11) is 0. The van der Waals surface area contributed by atoms with Crippen molar-refractivity contribution in [1.29, 1.82) is 0 Å². The van der Waals surface area contributed by atoms with Crippen molar-refractivity contribution in [2.75, 3.05) is 0 Å². The van der Waals surface area contributed by atoms with Crippen LogP contribution in [-0.2, 0) is 0 Å². The summed E-state index contributed by atoms with van der Waals surface area (Å²) in [5.74, 6) is 1.55. The van der Waals surface area contributed by atoms with Crippen LogP contribution >= 0.6 is 0 Å². The Balaban J connectivity index is 1.58. The maximum absolute atomic E-state index is 4.66. The molecule has 6 nitrogen and oxygen atoms in total. The molecule has 4 aromatic carbocycles. The van der Waals surface area contributed by atoms with Gasteiger partial charge in [-0.05, 0) is 24.3 Å². The van der Waals surface area contributed by atoms with Gasteiger partial charge in [0.1, 0.15) is 5.82 Å². The van der Waals surface area contributed by atoms with Crippen molar-refractivity contribution >= 4 is 67.7 Å². The summed E-state index contributed by atoms with van der Waals surface area (Å²) < 4.78 is 4.67. The topological polar surface area (TPSA) is 59.0 Å². The van der Waals surface area contributed by atoms with Gasteiger partial charge in [-0.25, -0.2) is 9.98 Å². The van der Waals surface area contributed by atoms with Gasteiger partial charge < -0.3 is 9.88 Å². The average molecular weight is 465 g/mol. The number of para-hydroxylation sites is 3. The Bertz CT molecular complexity index is 1970. The number of aromatic nitrogens is 2. The lowest BCUT2D eigenvalue weighted by Crippen LogP contribution is -2.38. The van der Waals surface area contributed by atoms with Gasteiger partial charge in [0.25, 0.3) is 0 Å². The molecule has 0 bridgehead atoms. The van der Waals surface area contributed by atoms with Crippen LogP contribution < -0.4 is 5.32 Å². The van der Waals surface area contributed by atoms with Gasteiger partial charge in [-0.15, -0.1) is 0 Å². The molecule has 4 heterocycles. The fourth-order valence-corrected chi connectivity index (χ4v) is 5.60. The first-order chi connectivity index (χ1) is 17.9. The molecule has 0 spiro atoms. The maximum atomic E-state index is 4.66. The van der Waals surface area contributed by atoms with Crippen LogP contribution in [0.3, 0.4) is 0 Å². The van der Waals surface area contributed by atoms with Crippen LogP contribution in [0.15, 0.2) is 112 Å². The molecule has 0 fully saturated rings. The monoisotopic (exact) mass is 464 g/mol. The average Bonchev–Trinajstić information content (AvgIpc) is 3.46. The molecule has 0 amide bonds. The minimum atomic E-state index is -0.301. The first kappa shape index (κ1) is 19.3. The standard InChI is InChI=1S/C30H20N6/c1-2-8-19(9-3-1)35-24-12-6-4-10-20(24)22-14-15-23-21-11-5-7-13-25(21)36(28(23)27(22)35)26-18-33-29-30(34-26)32-17-16-31-29/h1-18,30,34H. The molecule has 0 saturated heterocycles. The molecule has 1 N–H and O–H groups in total. The number of benzene rings is 4. The van der Waals surface area contributed by atoms with Crippen LogP contribution in [-0.4, -0.2) is 33.6 Å². The van der Waals surface area contributed by atoms with Crippen LogP contribution in [0.4, 0.5) is 0 Å². The fraction of sp³-hybridized carbons (Fsp3) is 0.0333. The normalized spacial score (nSPS) is 16.9. The Kier molecular flexibility index (Phi) is 3.90. The number of amidine groups is 1. The number of aliphatic imine (C=N–C) groups is 3. The number of nitrogens with zero attached hydrogens (tertiary/aromatic N) is 5. The second-order valence-electron chi connectivity index (χ2n) is 9.02. The van der Waals surface area contributed by atoms with E-state index in [-0.39, 0.29) is 6.17 Å². The Morgan fingerprint density at radius 3 is 2.00 bits per heavy atom. The molecule has 1 unspecified atom stereocenters. The maximum Gasteiger partial charge on any atom is 0.180 e. The van der Waals surface area contributed by atoms with E-state index in [0.717, 1.165) is 22.5 Å². The van der Waals surface area contributed by atoms with Crippen LogP contribution in [0.2, 0.25) is 0 Å². The van der Waals surface area contributed by atoms with Gasteiger partial charge in [-0.2, -0.15) is 0 Å². The molecule has 0 aliphatic carbocycles. The molecule has 0 radical (unpaired) electrons. The van der Waals surface area contributed by atoms with Crippen molar-refractivity contribution in [1.82, 2.24) is 14.5 Å². The largest absolute Gasteiger partial charge is 0.342 e. The predicted molar refractivity (Wildman–Crippen MR) is 149 cm³/mol. The summed E-state index contributed by atoms with van der Waals surface area (Å²) in [4.78, 5) is 13.6. The zero-order valence-corrected chi connectivity index (χ0v) is 19.2. The van der Waals surface area contributed by atoms with Crippen molar-refractivity contribution in [3.63, 3.8) is 0 Å². The molecule has 2 aliphatic rings.